The second-order valence-electron chi connectivity index (χ2n) is 8.45. The highest BCUT2D eigenvalue weighted by Gasteiger charge is 2.23. The minimum atomic E-state index is 0.00366. The van der Waals surface area contributed by atoms with Crippen molar-refractivity contribution in [3.05, 3.63) is 54.6 Å². The Kier molecular flexibility index (Phi) is 8.20. The van der Waals surface area contributed by atoms with Gasteiger partial charge in [-0.25, -0.2) is 0 Å². The first-order valence-electron chi connectivity index (χ1n) is 11.5. The summed E-state index contributed by atoms with van der Waals surface area (Å²) in [5, 5.41) is 3.09. The number of carbonyl (C=O) groups excluding carboxylic acids is 2. The van der Waals surface area contributed by atoms with Crippen molar-refractivity contribution >= 4 is 29.3 Å². The molecule has 6 nitrogen and oxygen atoms in total. The van der Waals surface area contributed by atoms with Crippen molar-refractivity contribution in [1.82, 2.24) is 14.7 Å². The van der Waals surface area contributed by atoms with Gasteiger partial charge in [0.2, 0.25) is 11.8 Å². The van der Waals surface area contributed by atoms with Crippen molar-refractivity contribution in [2.45, 2.75) is 29.1 Å². The Labute approximate surface area is 194 Å². The highest BCUT2D eigenvalue weighted by Crippen LogP contribution is 2.33. The van der Waals surface area contributed by atoms with Gasteiger partial charge in [0, 0.05) is 49.1 Å². The maximum atomic E-state index is 12.7. The Bertz CT molecular complexity index is 894. The number of nitrogens with zero attached hydrogens (tertiary/aromatic N) is 3. The monoisotopic (exact) mass is 452 g/mol. The summed E-state index contributed by atoms with van der Waals surface area (Å²) in [5.41, 5.74) is 0.845. The normalized spacial score (nSPS) is 17.8. The molecule has 170 valence electrons. The third-order valence-corrected chi connectivity index (χ3v) is 7.12. The van der Waals surface area contributed by atoms with Crippen LogP contribution in [0.15, 0.2) is 64.4 Å². The van der Waals surface area contributed by atoms with E-state index in [9.17, 15) is 9.59 Å². The van der Waals surface area contributed by atoms with Crippen LogP contribution < -0.4 is 5.32 Å². The van der Waals surface area contributed by atoms with Crippen LogP contribution in [0.2, 0.25) is 0 Å². The molecule has 1 N–H and O–H groups in total. The minimum Gasteiger partial charge on any atom is -0.342 e. The number of hydrogen-bond donors (Lipinski definition) is 1. The van der Waals surface area contributed by atoms with Gasteiger partial charge in [-0.05, 0) is 43.5 Å². The van der Waals surface area contributed by atoms with Gasteiger partial charge in [0.15, 0.2) is 0 Å². The van der Waals surface area contributed by atoms with Gasteiger partial charge in [0.1, 0.15) is 0 Å². The van der Waals surface area contributed by atoms with Gasteiger partial charge in [-0.2, -0.15) is 0 Å². The Balaban J connectivity index is 1.23. The summed E-state index contributed by atoms with van der Waals surface area (Å²) in [6.07, 6.45) is 3.49. The van der Waals surface area contributed by atoms with Crippen molar-refractivity contribution in [3.8, 4) is 0 Å². The fourth-order valence-corrected chi connectivity index (χ4v) is 5.13. The van der Waals surface area contributed by atoms with Crippen LogP contribution in [0, 0.1) is 0 Å². The van der Waals surface area contributed by atoms with Crippen LogP contribution >= 0.6 is 11.8 Å². The molecule has 0 radical (unpaired) electrons. The second-order valence-corrected chi connectivity index (χ2v) is 9.57. The van der Waals surface area contributed by atoms with E-state index in [4.69, 9.17) is 0 Å². The molecule has 0 bridgehead atoms. The highest BCUT2D eigenvalue weighted by atomic mass is 32.2. The van der Waals surface area contributed by atoms with Crippen molar-refractivity contribution in [3.63, 3.8) is 0 Å². The summed E-state index contributed by atoms with van der Waals surface area (Å²) in [7, 11) is 0. The number of rotatable bonds is 7. The van der Waals surface area contributed by atoms with Crippen LogP contribution in [0.3, 0.4) is 0 Å². The third-order valence-electron chi connectivity index (χ3n) is 6.03. The molecule has 4 rings (SSSR count). The average molecular weight is 453 g/mol. The van der Waals surface area contributed by atoms with E-state index in [0.717, 1.165) is 67.6 Å². The molecule has 0 saturated carbocycles. The molecule has 0 spiro atoms. The number of benzene rings is 2. The molecule has 2 aromatic rings. The van der Waals surface area contributed by atoms with E-state index in [2.05, 4.69) is 27.2 Å². The lowest BCUT2D eigenvalue weighted by atomic mass is 10.1. The predicted octanol–water partition coefficient (Wildman–Crippen LogP) is 3.41. The zero-order valence-electron chi connectivity index (χ0n) is 18.5. The topological polar surface area (TPSA) is 55.9 Å². The first kappa shape index (κ1) is 22.8. The zero-order valence-corrected chi connectivity index (χ0v) is 19.4. The molecule has 2 fully saturated rings. The SMILES string of the molecule is O=C(CN1CCN(CC(=O)N2CCCCC2)CC1)Nc1ccccc1Sc1ccccc1. The number of piperazine rings is 1. The maximum absolute atomic E-state index is 12.7. The molecule has 0 aromatic heterocycles. The smallest absolute Gasteiger partial charge is 0.238 e. The number of nitrogens with one attached hydrogen (secondary N) is 1. The number of amides is 2. The average Bonchev–Trinajstić information content (AvgIpc) is 2.83. The summed E-state index contributed by atoms with van der Waals surface area (Å²) in [6, 6.07) is 18.1. The molecule has 2 aliphatic rings. The Morgan fingerprint density at radius 3 is 2.09 bits per heavy atom. The first-order chi connectivity index (χ1) is 15.7. The van der Waals surface area contributed by atoms with Crippen LogP contribution in [0.25, 0.3) is 0 Å². The van der Waals surface area contributed by atoms with Crippen LogP contribution in [-0.4, -0.2) is 78.9 Å². The highest BCUT2D eigenvalue weighted by molar-refractivity contribution is 7.99. The number of likely N-dealkylation sites (tertiary alicyclic amines) is 1. The van der Waals surface area contributed by atoms with E-state index < -0.39 is 0 Å². The standard InChI is InChI=1S/C25H32N4O2S/c30-24(26-22-11-5-6-12-23(22)32-21-9-3-1-4-10-21)19-27-15-17-28(18-16-27)20-25(31)29-13-7-2-8-14-29/h1,3-6,9-12H,2,7-8,13-20H2,(H,26,30). The van der Waals surface area contributed by atoms with Crippen molar-refractivity contribution in [2.75, 3.05) is 57.7 Å². The van der Waals surface area contributed by atoms with E-state index in [-0.39, 0.29) is 11.8 Å². The molecule has 2 saturated heterocycles. The quantitative estimate of drug-likeness (QED) is 0.698. The number of hydrogen-bond acceptors (Lipinski definition) is 5. The van der Waals surface area contributed by atoms with E-state index >= 15 is 0 Å². The summed E-state index contributed by atoms with van der Waals surface area (Å²) in [5.74, 6) is 0.257. The summed E-state index contributed by atoms with van der Waals surface area (Å²) in [6.45, 7) is 5.96. The lowest BCUT2D eigenvalue weighted by Crippen LogP contribution is -2.51. The number of piperidine rings is 1. The van der Waals surface area contributed by atoms with Gasteiger partial charge in [-0.3, -0.25) is 19.4 Å². The third kappa shape index (κ3) is 6.58. The molecular weight excluding hydrogens is 420 g/mol. The summed E-state index contributed by atoms with van der Waals surface area (Å²) >= 11 is 1.65. The molecule has 0 atom stereocenters. The van der Waals surface area contributed by atoms with Crippen molar-refractivity contribution in [2.24, 2.45) is 0 Å². The number of anilines is 1. The van der Waals surface area contributed by atoms with Gasteiger partial charge >= 0.3 is 0 Å². The maximum Gasteiger partial charge on any atom is 0.238 e. The number of carbonyl (C=O) groups is 2. The second kappa shape index (κ2) is 11.5. The molecule has 2 aliphatic heterocycles. The van der Waals surface area contributed by atoms with Crippen molar-refractivity contribution in [1.29, 1.82) is 0 Å². The molecule has 7 heteroatoms. The Morgan fingerprint density at radius 1 is 0.750 bits per heavy atom. The fraction of sp³-hybridized carbons (Fsp3) is 0.440. The molecule has 2 aromatic carbocycles. The molecule has 0 unspecified atom stereocenters. The number of para-hydroxylation sites is 1. The van der Waals surface area contributed by atoms with Gasteiger partial charge in [0.05, 0.1) is 18.8 Å². The van der Waals surface area contributed by atoms with Gasteiger partial charge < -0.3 is 10.2 Å². The minimum absolute atomic E-state index is 0.00366. The van der Waals surface area contributed by atoms with E-state index in [1.165, 1.54) is 6.42 Å². The van der Waals surface area contributed by atoms with Crippen molar-refractivity contribution < 1.29 is 9.59 Å². The van der Waals surface area contributed by atoms with Crippen LogP contribution in [0.5, 0.6) is 0 Å². The van der Waals surface area contributed by atoms with E-state index in [1.807, 2.05) is 47.4 Å². The van der Waals surface area contributed by atoms with E-state index in [1.54, 1.807) is 11.8 Å². The summed E-state index contributed by atoms with van der Waals surface area (Å²) in [4.78, 5) is 33.8. The lowest BCUT2D eigenvalue weighted by Gasteiger charge is -2.35. The molecule has 2 amide bonds. The first-order valence-corrected chi connectivity index (χ1v) is 12.3. The predicted molar refractivity (Wildman–Crippen MR) is 129 cm³/mol. The lowest BCUT2D eigenvalue weighted by molar-refractivity contribution is -0.134. The Morgan fingerprint density at radius 2 is 1.38 bits per heavy atom. The zero-order chi connectivity index (χ0) is 22.2. The van der Waals surface area contributed by atoms with Gasteiger partial charge in [-0.15, -0.1) is 0 Å². The molecule has 2 heterocycles. The van der Waals surface area contributed by atoms with Crippen LogP contribution in [0.1, 0.15) is 19.3 Å². The molecular formula is C25H32N4O2S. The van der Waals surface area contributed by atoms with Crippen LogP contribution in [-0.2, 0) is 9.59 Å². The Hall–Kier alpha value is -2.35. The summed E-state index contributed by atoms with van der Waals surface area (Å²) < 4.78 is 0. The van der Waals surface area contributed by atoms with Crippen LogP contribution in [0.4, 0.5) is 5.69 Å². The largest absolute Gasteiger partial charge is 0.342 e. The molecule has 0 aliphatic carbocycles. The van der Waals surface area contributed by atoms with Gasteiger partial charge in [0.25, 0.3) is 0 Å². The fourth-order valence-electron chi connectivity index (χ4n) is 4.21. The van der Waals surface area contributed by atoms with E-state index in [0.29, 0.717) is 13.1 Å². The van der Waals surface area contributed by atoms with Gasteiger partial charge in [-0.1, -0.05) is 42.1 Å². The molecule has 32 heavy (non-hydrogen) atoms.